The Balaban J connectivity index is 2.81. The molecule has 0 saturated carbocycles. The highest BCUT2D eigenvalue weighted by molar-refractivity contribution is 6.74. The van der Waals surface area contributed by atoms with Crippen molar-refractivity contribution in [3.05, 3.63) is 53.1 Å². The number of esters is 1. The summed E-state index contributed by atoms with van der Waals surface area (Å²) in [5.41, 5.74) is 1.68. The van der Waals surface area contributed by atoms with Crippen LogP contribution in [0.2, 0.25) is 18.1 Å². The molecule has 0 radical (unpaired) electrons. The molecule has 0 N–H and O–H groups in total. The summed E-state index contributed by atoms with van der Waals surface area (Å²) in [6.07, 6.45) is 4.55. The van der Waals surface area contributed by atoms with Crippen LogP contribution in [0.1, 0.15) is 53.0 Å². The number of hydrogen-bond donors (Lipinski definition) is 0. The molecule has 0 aliphatic carbocycles. The van der Waals surface area contributed by atoms with Gasteiger partial charge in [0.2, 0.25) is 0 Å². The van der Waals surface area contributed by atoms with Crippen molar-refractivity contribution in [1.29, 1.82) is 0 Å². The van der Waals surface area contributed by atoms with Gasteiger partial charge in [0.05, 0.1) is 32.5 Å². The summed E-state index contributed by atoms with van der Waals surface area (Å²) in [7, 11) is -0.244. The molecule has 1 aromatic rings. The molecule has 190 valence electrons. The summed E-state index contributed by atoms with van der Waals surface area (Å²) in [4.78, 5) is 25.0. The highest BCUT2D eigenvalue weighted by Crippen LogP contribution is 2.36. The molecule has 34 heavy (non-hydrogen) atoms. The van der Waals surface area contributed by atoms with E-state index in [0.717, 1.165) is 11.3 Å². The van der Waals surface area contributed by atoms with Gasteiger partial charge in [-0.15, -0.1) is 0 Å². The Bertz CT molecular complexity index is 847. The average Bonchev–Trinajstić information content (AvgIpc) is 2.76. The van der Waals surface area contributed by atoms with E-state index in [1.165, 1.54) is 6.92 Å². The van der Waals surface area contributed by atoms with Crippen LogP contribution in [0.15, 0.2) is 47.6 Å². The summed E-state index contributed by atoms with van der Waals surface area (Å²) in [5.74, 6) is 0.124. The number of carbonyl (C=O) groups excluding carboxylic acids is 2. The molecular weight excluding hydrogens is 448 g/mol. The van der Waals surface area contributed by atoms with Crippen molar-refractivity contribution in [2.24, 2.45) is 0 Å². The quantitative estimate of drug-likeness (QED) is 0.104. The van der Waals surface area contributed by atoms with Crippen molar-refractivity contribution in [2.45, 2.75) is 72.2 Å². The van der Waals surface area contributed by atoms with Crippen LogP contribution in [0, 0.1) is 0 Å². The van der Waals surface area contributed by atoms with E-state index in [9.17, 15) is 9.59 Å². The fourth-order valence-corrected chi connectivity index (χ4v) is 3.95. The van der Waals surface area contributed by atoms with E-state index in [-0.39, 0.29) is 23.0 Å². The molecule has 1 aromatic carbocycles. The summed E-state index contributed by atoms with van der Waals surface area (Å²) in [5, 5.41) is 0.113. The van der Waals surface area contributed by atoms with Crippen molar-refractivity contribution < 1.29 is 28.2 Å². The lowest BCUT2D eigenvalue weighted by molar-refractivity contribution is -0.138. The first-order chi connectivity index (χ1) is 15.9. The highest BCUT2D eigenvalue weighted by Gasteiger charge is 2.36. The molecule has 0 heterocycles. The first-order valence-corrected chi connectivity index (χ1v) is 14.8. The van der Waals surface area contributed by atoms with E-state index < -0.39 is 14.3 Å². The number of hydrogen-bond acceptors (Lipinski definition) is 6. The largest absolute Gasteiger partial charge is 0.497 e. The fourth-order valence-electron chi connectivity index (χ4n) is 2.89. The van der Waals surface area contributed by atoms with Crippen molar-refractivity contribution in [1.82, 2.24) is 0 Å². The van der Waals surface area contributed by atoms with E-state index in [2.05, 4.69) is 33.9 Å². The van der Waals surface area contributed by atoms with Crippen LogP contribution < -0.4 is 4.74 Å². The topological polar surface area (TPSA) is 71.1 Å². The minimum Gasteiger partial charge on any atom is -0.497 e. The molecule has 0 amide bonds. The molecule has 0 saturated heterocycles. The van der Waals surface area contributed by atoms with Gasteiger partial charge >= 0.3 is 5.97 Å². The van der Waals surface area contributed by atoms with E-state index in [1.54, 1.807) is 26.2 Å². The van der Waals surface area contributed by atoms with E-state index >= 15 is 0 Å². The number of methoxy groups -OCH3 is 1. The Kier molecular flexibility index (Phi) is 12.5. The Hall–Kier alpha value is -2.22. The van der Waals surface area contributed by atoms with Gasteiger partial charge in [0.15, 0.2) is 14.1 Å². The molecular formula is C27H42O6Si. The van der Waals surface area contributed by atoms with Gasteiger partial charge in [-0.3, -0.25) is 4.79 Å². The molecule has 7 heteroatoms. The lowest BCUT2D eigenvalue weighted by Crippen LogP contribution is -2.40. The SMILES string of the molecule is CCOC(=O)C(=C\CCOCc1ccc(OC)cc1)/C(=C/CCO[Si](C)(C)C(C)(C)C)C(C)=O. The third-order valence-corrected chi connectivity index (χ3v) is 10.5. The summed E-state index contributed by atoms with van der Waals surface area (Å²) >= 11 is 0. The zero-order chi connectivity index (χ0) is 25.8. The maximum atomic E-state index is 12.6. The molecule has 0 fully saturated rings. The summed E-state index contributed by atoms with van der Waals surface area (Å²) in [6.45, 7) is 15.8. The van der Waals surface area contributed by atoms with Crippen LogP contribution in [0.4, 0.5) is 0 Å². The number of rotatable bonds is 14. The Morgan fingerprint density at radius 3 is 2.09 bits per heavy atom. The lowest BCUT2D eigenvalue weighted by Gasteiger charge is -2.36. The molecule has 0 spiro atoms. The zero-order valence-electron chi connectivity index (χ0n) is 22.2. The van der Waals surface area contributed by atoms with Gasteiger partial charge in [0, 0.05) is 12.2 Å². The normalized spacial score (nSPS) is 13.1. The van der Waals surface area contributed by atoms with Gasteiger partial charge in [-0.2, -0.15) is 0 Å². The molecule has 6 nitrogen and oxygen atoms in total. The van der Waals surface area contributed by atoms with E-state index in [1.807, 2.05) is 24.3 Å². The molecule has 0 aliphatic rings. The van der Waals surface area contributed by atoms with Gasteiger partial charge in [-0.25, -0.2) is 4.79 Å². The van der Waals surface area contributed by atoms with E-state index in [0.29, 0.717) is 38.2 Å². The number of ether oxygens (including phenoxy) is 3. The Labute approximate surface area is 206 Å². The van der Waals surface area contributed by atoms with Crippen LogP contribution in [-0.4, -0.2) is 47.0 Å². The van der Waals surface area contributed by atoms with Gasteiger partial charge in [0.1, 0.15) is 5.75 Å². The first kappa shape index (κ1) is 29.8. The van der Waals surface area contributed by atoms with Gasteiger partial charge in [0.25, 0.3) is 0 Å². The average molecular weight is 491 g/mol. The third kappa shape index (κ3) is 9.95. The number of carbonyl (C=O) groups is 2. The smallest absolute Gasteiger partial charge is 0.338 e. The summed E-state index contributed by atoms with van der Waals surface area (Å²) < 4.78 is 22.3. The lowest BCUT2D eigenvalue weighted by atomic mass is 10.00. The second kappa shape index (κ2) is 14.2. The molecule has 0 unspecified atom stereocenters. The van der Waals surface area contributed by atoms with Crippen molar-refractivity contribution >= 4 is 20.1 Å². The number of benzene rings is 1. The summed E-state index contributed by atoms with van der Waals surface area (Å²) in [6, 6.07) is 7.66. The van der Waals surface area contributed by atoms with Crippen LogP contribution in [0.5, 0.6) is 5.75 Å². The van der Waals surface area contributed by atoms with E-state index in [4.69, 9.17) is 18.6 Å². The Morgan fingerprint density at radius 1 is 0.971 bits per heavy atom. The third-order valence-electron chi connectivity index (χ3n) is 5.94. The second-order valence-electron chi connectivity index (χ2n) is 9.60. The van der Waals surface area contributed by atoms with Gasteiger partial charge in [-0.1, -0.05) is 45.1 Å². The second-order valence-corrected chi connectivity index (χ2v) is 14.4. The predicted octanol–water partition coefficient (Wildman–Crippen LogP) is 6.02. The molecule has 0 bridgehead atoms. The van der Waals surface area contributed by atoms with Crippen molar-refractivity contribution in [2.75, 3.05) is 26.9 Å². The van der Waals surface area contributed by atoms with Gasteiger partial charge < -0.3 is 18.6 Å². The molecule has 0 aromatic heterocycles. The minimum absolute atomic E-state index is 0.113. The monoisotopic (exact) mass is 490 g/mol. The van der Waals surface area contributed by atoms with Crippen LogP contribution >= 0.6 is 0 Å². The highest BCUT2D eigenvalue weighted by atomic mass is 28.4. The first-order valence-electron chi connectivity index (χ1n) is 11.9. The predicted molar refractivity (Wildman–Crippen MR) is 139 cm³/mol. The maximum absolute atomic E-state index is 12.6. The van der Waals surface area contributed by atoms with Crippen molar-refractivity contribution in [3.8, 4) is 5.75 Å². The Morgan fingerprint density at radius 2 is 1.56 bits per heavy atom. The van der Waals surface area contributed by atoms with Crippen LogP contribution in [0.25, 0.3) is 0 Å². The molecule has 0 aliphatic heterocycles. The fraction of sp³-hybridized carbons (Fsp3) is 0.556. The maximum Gasteiger partial charge on any atom is 0.338 e. The molecule has 1 rings (SSSR count). The van der Waals surface area contributed by atoms with Crippen molar-refractivity contribution in [3.63, 3.8) is 0 Å². The van der Waals surface area contributed by atoms with Crippen LogP contribution in [-0.2, 0) is 30.1 Å². The minimum atomic E-state index is -1.87. The van der Waals surface area contributed by atoms with Gasteiger partial charge in [-0.05, 0) is 62.5 Å². The number of ketones is 1. The zero-order valence-corrected chi connectivity index (χ0v) is 23.2. The standard InChI is InChI=1S/C27H42O6Si/c1-9-32-26(29)25(13-10-18-31-20-22-14-16-23(30-6)17-15-22)24(21(2)28)12-11-19-33-34(7,8)27(3,4)5/h12-17H,9-11,18-20H2,1-8H3/b24-12+,25-13-. The number of Topliss-reactive ketones (excluding diaryl/α,β-unsaturated/α-hetero) is 1. The van der Waals surface area contributed by atoms with Crippen LogP contribution in [0.3, 0.4) is 0 Å². The molecule has 0 atom stereocenters.